The minimum atomic E-state index is 0.0989. The number of aliphatic hydroxyl groups is 1. The molecule has 0 aliphatic heterocycles. The number of para-hydroxylation sites is 1. The molecule has 1 amide bonds. The lowest BCUT2D eigenvalue weighted by molar-refractivity contribution is -0.130. The maximum absolute atomic E-state index is 11.7. The van der Waals surface area contributed by atoms with Crippen LogP contribution in [0.3, 0.4) is 0 Å². The Morgan fingerprint density at radius 2 is 2.05 bits per heavy atom. The van der Waals surface area contributed by atoms with Crippen molar-refractivity contribution in [3.63, 3.8) is 0 Å². The first kappa shape index (κ1) is 15.5. The van der Waals surface area contributed by atoms with Crippen LogP contribution in [-0.2, 0) is 4.79 Å². The number of aliphatic hydroxyl groups excluding tert-OH is 1. The van der Waals surface area contributed by atoms with Gasteiger partial charge in [-0.2, -0.15) is 0 Å². The van der Waals surface area contributed by atoms with Crippen molar-refractivity contribution >= 4 is 5.91 Å². The van der Waals surface area contributed by atoms with E-state index in [1.54, 1.807) is 11.9 Å². The fraction of sp³-hybridized carbons (Fsp3) is 0.533. The second kappa shape index (κ2) is 8.53. The van der Waals surface area contributed by atoms with Crippen LogP contribution in [0.15, 0.2) is 24.3 Å². The summed E-state index contributed by atoms with van der Waals surface area (Å²) in [5.41, 5.74) is 1.10. The van der Waals surface area contributed by atoms with Gasteiger partial charge in [-0.3, -0.25) is 4.79 Å². The summed E-state index contributed by atoms with van der Waals surface area (Å²) in [5.74, 6) is 0.963. The Hall–Kier alpha value is -1.55. The first-order chi connectivity index (χ1) is 9.15. The predicted molar refractivity (Wildman–Crippen MR) is 75.2 cm³/mol. The Kier molecular flexibility index (Phi) is 6.97. The molecule has 0 saturated heterocycles. The number of likely N-dealkylation sites (N-methyl/N-ethyl adjacent to an activating group) is 1. The van der Waals surface area contributed by atoms with Crippen LogP contribution in [0.2, 0.25) is 0 Å². The van der Waals surface area contributed by atoms with E-state index in [2.05, 4.69) is 0 Å². The van der Waals surface area contributed by atoms with Crippen molar-refractivity contribution in [1.82, 2.24) is 4.90 Å². The quantitative estimate of drug-likeness (QED) is 0.731. The maximum Gasteiger partial charge on any atom is 0.222 e. The standard InChI is InChI=1S/C15H23NO3/c1-13-7-3-4-8-14(13)19-12-10-16(2)15(18)9-5-6-11-17/h3-4,7-8,17H,5-6,9-12H2,1-2H3. The van der Waals surface area contributed by atoms with Gasteiger partial charge in [-0.1, -0.05) is 18.2 Å². The van der Waals surface area contributed by atoms with E-state index in [0.29, 0.717) is 26.0 Å². The van der Waals surface area contributed by atoms with Gasteiger partial charge >= 0.3 is 0 Å². The van der Waals surface area contributed by atoms with Gasteiger partial charge in [-0.15, -0.1) is 0 Å². The van der Waals surface area contributed by atoms with Gasteiger partial charge in [0, 0.05) is 20.1 Å². The van der Waals surface area contributed by atoms with Gasteiger partial charge < -0.3 is 14.7 Å². The zero-order valence-electron chi connectivity index (χ0n) is 11.8. The zero-order valence-corrected chi connectivity index (χ0v) is 11.8. The van der Waals surface area contributed by atoms with Crippen LogP contribution in [0.5, 0.6) is 5.75 Å². The summed E-state index contributed by atoms with van der Waals surface area (Å²) in [6, 6.07) is 7.84. The molecule has 0 aliphatic carbocycles. The molecule has 0 radical (unpaired) electrons. The van der Waals surface area contributed by atoms with Crippen LogP contribution in [0.4, 0.5) is 0 Å². The molecule has 1 aromatic rings. The monoisotopic (exact) mass is 265 g/mol. The first-order valence-electron chi connectivity index (χ1n) is 6.68. The number of hydrogen-bond acceptors (Lipinski definition) is 3. The Morgan fingerprint density at radius 1 is 1.32 bits per heavy atom. The minimum absolute atomic E-state index is 0.0989. The van der Waals surface area contributed by atoms with Crippen LogP contribution in [0, 0.1) is 6.92 Å². The number of ether oxygens (including phenoxy) is 1. The Labute approximate surface area is 115 Å². The van der Waals surface area contributed by atoms with Gasteiger partial charge in [0.2, 0.25) is 5.91 Å². The molecule has 1 aromatic carbocycles. The van der Waals surface area contributed by atoms with Crippen molar-refractivity contribution in [3.05, 3.63) is 29.8 Å². The second-order valence-electron chi connectivity index (χ2n) is 4.61. The van der Waals surface area contributed by atoms with Crippen molar-refractivity contribution in [2.75, 3.05) is 26.8 Å². The van der Waals surface area contributed by atoms with Crippen LogP contribution < -0.4 is 4.74 Å². The van der Waals surface area contributed by atoms with Gasteiger partial charge in [0.25, 0.3) is 0 Å². The van der Waals surface area contributed by atoms with E-state index in [-0.39, 0.29) is 12.5 Å². The Balaban J connectivity index is 2.25. The molecule has 0 fully saturated rings. The molecule has 0 bridgehead atoms. The molecule has 0 aromatic heterocycles. The number of nitrogens with zero attached hydrogens (tertiary/aromatic N) is 1. The molecule has 19 heavy (non-hydrogen) atoms. The fourth-order valence-corrected chi connectivity index (χ4v) is 1.71. The van der Waals surface area contributed by atoms with E-state index < -0.39 is 0 Å². The number of unbranched alkanes of at least 4 members (excludes halogenated alkanes) is 1. The molecular formula is C15H23NO3. The zero-order chi connectivity index (χ0) is 14.1. The molecule has 0 heterocycles. The van der Waals surface area contributed by atoms with E-state index in [4.69, 9.17) is 9.84 Å². The molecule has 1 rings (SSSR count). The molecule has 0 saturated carbocycles. The fourth-order valence-electron chi connectivity index (χ4n) is 1.71. The van der Waals surface area contributed by atoms with Crippen LogP contribution in [-0.4, -0.2) is 42.7 Å². The summed E-state index contributed by atoms with van der Waals surface area (Å²) in [5, 5.41) is 8.67. The highest BCUT2D eigenvalue weighted by molar-refractivity contribution is 5.75. The van der Waals surface area contributed by atoms with Gasteiger partial charge in [-0.05, 0) is 31.4 Å². The molecule has 0 aliphatic rings. The Bertz CT molecular complexity index is 393. The molecule has 0 atom stereocenters. The third kappa shape index (κ3) is 5.75. The number of amides is 1. The van der Waals surface area contributed by atoms with Gasteiger partial charge in [-0.25, -0.2) is 0 Å². The molecule has 4 nitrogen and oxygen atoms in total. The summed E-state index contributed by atoms with van der Waals surface area (Å²) in [6.45, 7) is 3.21. The van der Waals surface area contributed by atoms with Crippen molar-refractivity contribution in [2.24, 2.45) is 0 Å². The summed E-state index contributed by atoms with van der Waals surface area (Å²) in [4.78, 5) is 13.4. The van der Waals surface area contributed by atoms with Crippen molar-refractivity contribution in [1.29, 1.82) is 0 Å². The lowest BCUT2D eigenvalue weighted by Gasteiger charge is -2.18. The van der Waals surface area contributed by atoms with Crippen molar-refractivity contribution in [2.45, 2.75) is 26.2 Å². The smallest absolute Gasteiger partial charge is 0.222 e. The molecule has 4 heteroatoms. The highest BCUT2D eigenvalue weighted by atomic mass is 16.5. The highest BCUT2D eigenvalue weighted by Crippen LogP contribution is 2.15. The summed E-state index contributed by atoms with van der Waals surface area (Å²) >= 11 is 0. The lowest BCUT2D eigenvalue weighted by atomic mass is 10.2. The molecule has 0 unspecified atom stereocenters. The molecule has 0 spiro atoms. The van der Waals surface area contributed by atoms with E-state index >= 15 is 0 Å². The Morgan fingerprint density at radius 3 is 2.74 bits per heavy atom. The number of carbonyl (C=O) groups excluding carboxylic acids is 1. The highest BCUT2D eigenvalue weighted by Gasteiger charge is 2.08. The number of aryl methyl sites for hydroxylation is 1. The van der Waals surface area contributed by atoms with Crippen LogP contribution in [0.1, 0.15) is 24.8 Å². The molecule has 1 N–H and O–H groups in total. The van der Waals surface area contributed by atoms with Crippen LogP contribution in [0.25, 0.3) is 0 Å². The maximum atomic E-state index is 11.7. The van der Waals surface area contributed by atoms with E-state index in [1.165, 1.54) is 0 Å². The third-order valence-corrected chi connectivity index (χ3v) is 3.00. The summed E-state index contributed by atoms with van der Waals surface area (Å²) in [7, 11) is 1.78. The van der Waals surface area contributed by atoms with Gasteiger partial charge in [0.15, 0.2) is 0 Å². The van der Waals surface area contributed by atoms with Gasteiger partial charge in [0.05, 0.1) is 6.54 Å². The van der Waals surface area contributed by atoms with Gasteiger partial charge in [0.1, 0.15) is 12.4 Å². The number of rotatable bonds is 8. The van der Waals surface area contributed by atoms with Crippen LogP contribution >= 0.6 is 0 Å². The van der Waals surface area contributed by atoms with E-state index in [1.807, 2.05) is 31.2 Å². The van der Waals surface area contributed by atoms with Crippen molar-refractivity contribution in [3.8, 4) is 5.75 Å². The molecule has 106 valence electrons. The summed E-state index contributed by atoms with van der Waals surface area (Å²) in [6.07, 6.45) is 1.90. The second-order valence-corrected chi connectivity index (χ2v) is 4.61. The predicted octanol–water partition coefficient (Wildman–Crippen LogP) is 1.99. The van der Waals surface area contributed by atoms with E-state index in [0.717, 1.165) is 17.7 Å². The third-order valence-electron chi connectivity index (χ3n) is 3.00. The summed E-state index contributed by atoms with van der Waals surface area (Å²) < 4.78 is 5.65. The minimum Gasteiger partial charge on any atom is -0.491 e. The average Bonchev–Trinajstić information content (AvgIpc) is 2.41. The average molecular weight is 265 g/mol. The molecular weight excluding hydrogens is 242 g/mol. The first-order valence-corrected chi connectivity index (χ1v) is 6.68. The lowest BCUT2D eigenvalue weighted by Crippen LogP contribution is -2.30. The number of hydrogen-bond donors (Lipinski definition) is 1. The number of benzene rings is 1. The van der Waals surface area contributed by atoms with Crippen molar-refractivity contribution < 1.29 is 14.6 Å². The largest absolute Gasteiger partial charge is 0.491 e. The van der Waals surface area contributed by atoms with E-state index in [9.17, 15) is 4.79 Å². The SMILES string of the molecule is Cc1ccccc1OCCN(C)C(=O)CCCCO. The topological polar surface area (TPSA) is 49.8 Å². The normalized spacial score (nSPS) is 10.3. The number of carbonyl (C=O) groups is 1.